The fraction of sp³-hybridized carbons (Fsp3) is 0.158. The lowest BCUT2D eigenvalue weighted by atomic mass is 10.0. The molecule has 4 N–H and O–H groups in total. The smallest absolute Gasteiger partial charge is 0.357 e. The number of carbonyl (C=O) groups excluding carboxylic acids is 1. The number of carboxylic acid groups (broad SMARTS) is 1. The third-order valence-corrected chi connectivity index (χ3v) is 4.61. The van der Waals surface area contributed by atoms with Crippen molar-refractivity contribution in [2.75, 3.05) is 0 Å². The molecule has 3 rings (SSSR count). The van der Waals surface area contributed by atoms with E-state index in [0.717, 1.165) is 20.9 Å². The molecule has 0 fully saturated rings. The molecule has 134 valence electrons. The van der Waals surface area contributed by atoms with E-state index in [0.29, 0.717) is 6.42 Å². The summed E-state index contributed by atoms with van der Waals surface area (Å²) in [4.78, 5) is 26.9. The van der Waals surface area contributed by atoms with Crippen LogP contribution in [0.1, 0.15) is 22.5 Å². The Hall–Kier alpha value is -2.64. The van der Waals surface area contributed by atoms with E-state index in [1.807, 2.05) is 42.5 Å². The summed E-state index contributed by atoms with van der Waals surface area (Å²) in [5.41, 5.74) is -0.569. The summed E-state index contributed by atoms with van der Waals surface area (Å²) in [6.07, 6.45) is 0.160. The second-order valence-corrected chi connectivity index (χ2v) is 6.94. The van der Waals surface area contributed by atoms with Crippen molar-refractivity contribution in [2.45, 2.75) is 18.6 Å². The molecule has 0 saturated carbocycles. The van der Waals surface area contributed by atoms with Crippen LogP contribution in [0.25, 0.3) is 10.9 Å². The van der Waals surface area contributed by atoms with Gasteiger partial charge in [0.05, 0.1) is 0 Å². The molecule has 0 aliphatic heterocycles. The lowest BCUT2D eigenvalue weighted by Crippen LogP contribution is -2.55. The van der Waals surface area contributed by atoms with Crippen LogP contribution in [-0.4, -0.2) is 32.8 Å². The van der Waals surface area contributed by atoms with Crippen molar-refractivity contribution in [3.05, 3.63) is 70.3 Å². The van der Waals surface area contributed by atoms with Crippen LogP contribution in [0.15, 0.2) is 59.1 Å². The number of H-pyrrole nitrogens is 1. The van der Waals surface area contributed by atoms with Gasteiger partial charge in [0.15, 0.2) is 0 Å². The van der Waals surface area contributed by atoms with Crippen LogP contribution >= 0.6 is 15.9 Å². The molecular formula is C19H17BrN2O4. The standard InChI is InChI=1S/C19H17BrN2O4/c20-14-6-7-15-13(10-14)11-16(21-15)17(23)22-19(26,18(24)25)9-8-12-4-2-1-3-5-12/h1-7,10-11,21,26H,8-9H2,(H,22,23)(H,24,25)/t19-/m1/s1. The Morgan fingerprint density at radius 2 is 1.85 bits per heavy atom. The largest absolute Gasteiger partial charge is 0.478 e. The third kappa shape index (κ3) is 3.95. The molecule has 0 spiro atoms. The Bertz CT molecular complexity index is 955. The average Bonchev–Trinajstić information content (AvgIpc) is 3.04. The van der Waals surface area contributed by atoms with E-state index < -0.39 is 17.6 Å². The maximum Gasteiger partial charge on any atom is 0.357 e. The Kier molecular flexibility index (Phi) is 5.11. The normalized spacial score (nSPS) is 13.3. The van der Waals surface area contributed by atoms with E-state index in [-0.39, 0.29) is 12.1 Å². The number of fused-ring (bicyclic) bond motifs is 1. The average molecular weight is 417 g/mol. The van der Waals surface area contributed by atoms with Gasteiger partial charge in [0.25, 0.3) is 5.91 Å². The molecule has 1 heterocycles. The van der Waals surface area contributed by atoms with Gasteiger partial charge in [0.2, 0.25) is 5.72 Å². The van der Waals surface area contributed by atoms with E-state index >= 15 is 0 Å². The van der Waals surface area contributed by atoms with Crippen molar-refractivity contribution in [3.8, 4) is 0 Å². The fourth-order valence-electron chi connectivity index (χ4n) is 2.67. The number of carboxylic acids is 1. The van der Waals surface area contributed by atoms with Gasteiger partial charge in [-0.05, 0) is 36.2 Å². The number of aliphatic hydroxyl groups is 1. The number of amides is 1. The van der Waals surface area contributed by atoms with Crippen LogP contribution in [-0.2, 0) is 11.2 Å². The van der Waals surface area contributed by atoms with Gasteiger partial charge >= 0.3 is 5.97 Å². The molecule has 26 heavy (non-hydrogen) atoms. The predicted octanol–water partition coefficient (Wildman–Crippen LogP) is 3.07. The molecule has 3 aromatic rings. The molecule has 0 radical (unpaired) electrons. The molecule has 1 aromatic heterocycles. The summed E-state index contributed by atoms with van der Waals surface area (Å²) in [7, 11) is 0. The van der Waals surface area contributed by atoms with Gasteiger partial charge in [-0.15, -0.1) is 0 Å². The Labute approximate surface area is 158 Å². The number of benzene rings is 2. The highest BCUT2D eigenvalue weighted by Crippen LogP contribution is 2.21. The van der Waals surface area contributed by atoms with Gasteiger partial charge in [0.1, 0.15) is 5.69 Å². The number of aryl methyl sites for hydroxylation is 1. The highest BCUT2D eigenvalue weighted by atomic mass is 79.9. The van der Waals surface area contributed by atoms with E-state index in [4.69, 9.17) is 0 Å². The van der Waals surface area contributed by atoms with E-state index in [1.165, 1.54) is 0 Å². The minimum Gasteiger partial charge on any atom is -0.478 e. The zero-order valence-corrected chi connectivity index (χ0v) is 15.3. The second kappa shape index (κ2) is 7.31. The van der Waals surface area contributed by atoms with Crippen molar-refractivity contribution in [1.82, 2.24) is 10.3 Å². The number of aromatic nitrogens is 1. The van der Waals surface area contributed by atoms with E-state index in [9.17, 15) is 19.8 Å². The van der Waals surface area contributed by atoms with Gasteiger partial charge in [0, 0.05) is 21.8 Å². The summed E-state index contributed by atoms with van der Waals surface area (Å²) in [5, 5.41) is 22.9. The molecule has 6 nitrogen and oxygen atoms in total. The maximum atomic E-state index is 12.5. The van der Waals surface area contributed by atoms with Gasteiger partial charge in [-0.1, -0.05) is 46.3 Å². The lowest BCUT2D eigenvalue weighted by molar-refractivity contribution is -0.161. The van der Waals surface area contributed by atoms with Crippen molar-refractivity contribution in [1.29, 1.82) is 0 Å². The van der Waals surface area contributed by atoms with Crippen molar-refractivity contribution >= 4 is 38.7 Å². The first-order chi connectivity index (χ1) is 12.4. The number of nitrogens with one attached hydrogen (secondary N) is 2. The Morgan fingerprint density at radius 1 is 1.12 bits per heavy atom. The van der Waals surface area contributed by atoms with Gasteiger partial charge < -0.3 is 20.5 Å². The number of rotatable bonds is 6. The van der Waals surface area contributed by atoms with Crippen molar-refractivity contribution in [2.24, 2.45) is 0 Å². The lowest BCUT2D eigenvalue weighted by Gasteiger charge is -2.24. The molecule has 1 amide bonds. The number of carbonyl (C=O) groups is 2. The molecule has 0 saturated heterocycles. The van der Waals surface area contributed by atoms with Gasteiger partial charge in [-0.2, -0.15) is 0 Å². The van der Waals surface area contributed by atoms with E-state index in [1.54, 1.807) is 12.1 Å². The summed E-state index contributed by atoms with van der Waals surface area (Å²) in [6, 6.07) is 16.2. The monoisotopic (exact) mass is 416 g/mol. The molecule has 0 unspecified atom stereocenters. The Balaban J connectivity index is 1.77. The minimum absolute atomic E-state index is 0.149. The molecule has 0 bridgehead atoms. The molecule has 0 aliphatic carbocycles. The number of aromatic amines is 1. The van der Waals surface area contributed by atoms with E-state index in [2.05, 4.69) is 26.2 Å². The first kappa shape index (κ1) is 18.2. The highest BCUT2D eigenvalue weighted by molar-refractivity contribution is 9.10. The number of halogens is 1. The minimum atomic E-state index is -2.36. The SMILES string of the molecule is O=C(N[C@@](O)(CCc1ccccc1)C(=O)O)c1cc2cc(Br)ccc2[nH]1. The highest BCUT2D eigenvalue weighted by Gasteiger charge is 2.37. The van der Waals surface area contributed by atoms with Crippen LogP contribution in [0, 0.1) is 0 Å². The van der Waals surface area contributed by atoms with Crippen LogP contribution < -0.4 is 5.32 Å². The predicted molar refractivity (Wildman–Crippen MR) is 101 cm³/mol. The molecule has 7 heteroatoms. The van der Waals surface area contributed by atoms with Gasteiger partial charge in [-0.3, -0.25) is 4.79 Å². The quantitative estimate of drug-likeness (QED) is 0.463. The molecular weight excluding hydrogens is 400 g/mol. The first-order valence-electron chi connectivity index (χ1n) is 7.98. The summed E-state index contributed by atoms with van der Waals surface area (Å²) >= 11 is 3.36. The zero-order chi connectivity index (χ0) is 18.7. The summed E-state index contributed by atoms with van der Waals surface area (Å²) in [5.74, 6) is -2.18. The summed E-state index contributed by atoms with van der Waals surface area (Å²) in [6.45, 7) is 0. The molecule has 0 aliphatic rings. The number of aliphatic carboxylic acids is 1. The summed E-state index contributed by atoms with van der Waals surface area (Å²) < 4.78 is 0.862. The van der Waals surface area contributed by atoms with Crippen LogP contribution in [0.4, 0.5) is 0 Å². The fourth-order valence-corrected chi connectivity index (χ4v) is 3.05. The second-order valence-electron chi connectivity index (χ2n) is 6.02. The molecule has 1 atom stereocenters. The van der Waals surface area contributed by atoms with Crippen LogP contribution in [0.5, 0.6) is 0 Å². The number of hydrogen-bond acceptors (Lipinski definition) is 3. The maximum absolute atomic E-state index is 12.5. The topological polar surface area (TPSA) is 102 Å². The van der Waals surface area contributed by atoms with Crippen LogP contribution in [0.2, 0.25) is 0 Å². The Morgan fingerprint density at radius 3 is 2.54 bits per heavy atom. The van der Waals surface area contributed by atoms with Gasteiger partial charge in [-0.25, -0.2) is 4.79 Å². The van der Waals surface area contributed by atoms with Crippen molar-refractivity contribution in [3.63, 3.8) is 0 Å². The van der Waals surface area contributed by atoms with Crippen molar-refractivity contribution < 1.29 is 19.8 Å². The zero-order valence-electron chi connectivity index (χ0n) is 13.7. The van der Waals surface area contributed by atoms with Crippen LogP contribution in [0.3, 0.4) is 0 Å². The third-order valence-electron chi connectivity index (χ3n) is 4.12. The molecule has 2 aromatic carbocycles. The first-order valence-corrected chi connectivity index (χ1v) is 8.77. The number of hydrogen-bond donors (Lipinski definition) is 4.